The van der Waals surface area contributed by atoms with Crippen molar-refractivity contribution in [1.82, 2.24) is 9.88 Å². The molecule has 1 aliphatic heterocycles. The van der Waals surface area contributed by atoms with Gasteiger partial charge in [-0.2, -0.15) is 0 Å². The van der Waals surface area contributed by atoms with Crippen molar-refractivity contribution < 1.29 is 19.4 Å². The molecule has 36 heavy (non-hydrogen) atoms. The Balaban J connectivity index is 1.38. The first kappa shape index (κ1) is 25.2. The quantitative estimate of drug-likeness (QED) is 0.442. The van der Waals surface area contributed by atoms with Gasteiger partial charge in [-0.3, -0.25) is 9.59 Å². The molecule has 3 N–H and O–H groups in total. The molecule has 8 heteroatoms. The van der Waals surface area contributed by atoms with Gasteiger partial charge in [0, 0.05) is 37.1 Å². The van der Waals surface area contributed by atoms with Gasteiger partial charge < -0.3 is 25.4 Å². The van der Waals surface area contributed by atoms with E-state index in [9.17, 15) is 9.59 Å². The molecule has 0 spiro atoms. The first-order chi connectivity index (χ1) is 17.5. The molecule has 8 nitrogen and oxygen atoms in total. The van der Waals surface area contributed by atoms with Gasteiger partial charge in [0.05, 0.1) is 19.3 Å². The molecule has 2 aromatic carbocycles. The number of nitrogens with one attached hydrogen (secondary N) is 2. The van der Waals surface area contributed by atoms with Crippen molar-refractivity contribution in [3.63, 3.8) is 0 Å². The zero-order valence-electron chi connectivity index (χ0n) is 20.7. The van der Waals surface area contributed by atoms with Gasteiger partial charge in [0.2, 0.25) is 0 Å². The normalized spacial score (nSPS) is 13.8. The van der Waals surface area contributed by atoms with E-state index in [0.29, 0.717) is 48.2 Å². The summed E-state index contributed by atoms with van der Waals surface area (Å²) in [7, 11) is 1.66. The highest BCUT2D eigenvalue weighted by molar-refractivity contribution is 6.05. The SMILES string of the molecule is COc1ccc(C2CCN(C(=O)c3ccc(C)c(NC(=O)c4ccc(NCCO)nc4)c3)CC2)cc1. The Kier molecular flexibility index (Phi) is 8.17. The molecule has 2 amide bonds. The van der Waals surface area contributed by atoms with Crippen molar-refractivity contribution in [2.24, 2.45) is 0 Å². The van der Waals surface area contributed by atoms with E-state index >= 15 is 0 Å². The number of anilines is 2. The third kappa shape index (κ3) is 6.01. The highest BCUT2D eigenvalue weighted by atomic mass is 16.5. The van der Waals surface area contributed by atoms with Crippen LogP contribution in [-0.4, -0.2) is 60.2 Å². The number of amides is 2. The fourth-order valence-corrected chi connectivity index (χ4v) is 4.38. The Morgan fingerprint density at radius 3 is 2.42 bits per heavy atom. The van der Waals surface area contributed by atoms with E-state index in [4.69, 9.17) is 9.84 Å². The largest absolute Gasteiger partial charge is 0.497 e. The number of hydrogen-bond acceptors (Lipinski definition) is 6. The third-order valence-electron chi connectivity index (χ3n) is 6.55. The smallest absolute Gasteiger partial charge is 0.257 e. The van der Waals surface area contributed by atoms with Crippen molar-refractivity contribution in [3.8, 4) is 5.75 Å². The van der Waals surface area contributed by atoms with Crippen LogP contribution in [0.3, 0.4) is 0 Å². The molecule has 0 saturated carbocycles. The molecular weight excluding hydrogens is 456 g/mol. The number of ether oxygens (including phenoxy) is 1. The van der Waals surface area contributed by atoms with Crippen molar-refractivity contribution >= 4 is 23.3 Å². The minimum atomic E-state index is -0.302. The molecular formula is C28H32N4O4. The zero-order chi connectivity index (χ0) is 25.5. The van der Waals surface area contributed by atoms with Crippen molar-refractivity contribution in [3.05, 3.63) is 83.0 Å². The third-order valence-corrected chi connectivity index (χ3v) is 6.55. The second-order valence-electron chi connectivity index (χ2n) is 8.91. The molecule has 2 heterocycles. The summed E-state index contributed by atoms with van der Waals surface area (Å²) in [6, 6.07) is 16.9. The predicted octanol–water partition coefficient (Wildman–Crippen LogP) is 4.07. The van der Waals surface area contributed by atoms with Crippen LogP contribution < -0.4 is 15.4 Å². The molecule has 1 saturated heterocycles. The number of hydrogen-bond donors (Lipinski definition) is 3. The van der Waals surface area contributed by atoms with E-state index in [2.05, 4.69) is 27.8 Å². The van der Waals surface area contributed by atoms with Gasteiger partial charge in [-0.05, 0) is 73.2 Å². The van der Waals surface area contributed by atoms with Gasteiger partial charge in [-0.1, -0.05) is 18.2 Å². The van der Waals surface area contributed by atoms with Crippen LogP contribution in [0, 0.1) is 6.92 Å². The summed E-state index contributed by atoms with van der Waals surface area (Å²) in [6.07, 6.45) is 3.29. The number of aliphatic hydroxyl groups is 1. The lowest BCUT2D eigenvalue weighted by Gasteiger charge is -2.32. The monoisotopic (exact) mass is 488 g/mol. The maximum absolute atomic E-state index is 13.2. The minimum Gasteiger partial charge on any atom is -0.497 e. The van der Waals surface area contributed by atoms with Gasteiger partial charge in [-0.15, -0.1) is 0 Å². The van der Waals surface area contributed by atoms with Crippen LogP contribution in [0.1, 0.15) is 50.6 Å². The summed E-state index contributed by atoms with van der Waals surface area (Å²) in [6.45, 7) is 3.65. The molecule has 1 aliphatic rings. The van der Waals surface area contributed by atoms with Crippen molar-refractivity contribution in [2.75, 3.05) is 44.0 Å². The Hall–Kier alpha value is -3.91. The lowest BCUT2D eigenvalue weighted by molar-refractivity contribution is 0.0712. The molecule has 1 aromatic heterocycles. The van der Waals surface area contributed by atoms with Crippen LogP contribution in [0.15, 0.2) is 60.8 Å². The Morgan fingerprint density at radius 2 is 1.78 bits per heavy atom. The topological polar surface area (TPSA) is 104 Å². The van der Waals surface area contributed by atoms with Crippen LogP contribution in [-0.2, 0) is 0 Å². The van der Waals surface area contributed by atoms with Gasteiger partial charge in [0.25, 0.3) is 11.8 Å². The van der Waals surface area contributed by atoms with E-state index in [1.807, 2.05) is 36.1 Å². The van der Waals surface area contributed by atoms with E-state index < -0.39 is 0 Å². The summed E-state index contributed by atoms with van der Waals surface area (Å²) in [5.41, 5.74) is 3.70. The maximum Gasteiger partial charge on any atom is 0.257 e. The number of methoxy groups -OCH3 is 1. The summed E-state index contributed by atoms with van der Waals surface area (Å²) in [4.78, 5) is 32.1. The lowest BCUT2D eigenvalue weighted by atomic mass is 9.89. The molecule has 0 radical (unpaired) electrons. The number of benzene rings is 2. The number of carbonyl (C=O) groups is 2. The highest BCUT2D eigenvalue weighted by Gasteiger charge is 2.25. The fraction of sp³-hybridized carbons (Fsp3) is 0.321. The second kappa shape index (κ2) is 11.7. The number of nitrogens with zero attached hydrogens (tertiary/aromatic N) is 2. The summed E-state index contributed by atoms with van der Waals surface area (Å²) in [5, 5.41) is 14.7. The molecule has 0 aliphatic carbocycles. The zero-order valence-corrected chi connectivity index (χ0v) is 20.7. The maximum atomic E-state index is 13.2. The van der Waals surface area contributed by atoms with Crippen molar-refractivity contribution in [1.29, 1.82) is 0 Å². The van der Waals surface area contributed by atoms with E-state index in [1.54, 1.807) is 25.3 Å². The fourth-order valence-electron chi connectivity index (χ4n) is 4.38. The second-order valence-corrected chi connectivity index (χ2v) is 8.91. The minimum absolute atomic E-state index is 0.00106. The van der Waals surface area contributed by atoms with Crippen LogP contribution in [0.2, 0.25) is 0 Å². The summed E-state index contributed by atoms with van der Waals surface area (Å²) < 4.78 is 5.25. The first-order valence-electron chi connectivity index (χ1n) is 12.1. The Bertz CT molecular complexity index is 1190. The van der Waals surface area contributed by atoms with Gasteiger partial charge in [0.15, 0.2) is 0 Å². The van der Waals surface area contributed by atoms with E-state index in [-0.39, 0.29) is 18.4 Å². The molecule has 3 aromatic rings. The summed E-state index contributed by atoms with van der Waals surface area (Å²) >= 11 is 0. The number of aryl methyl sites for hydroxylation is 1. The summed E-state index contributed by atoms with van der Waals surface area (Å²) in [5.74, 6) is 1.52. The number of likely N-dealkylation sites (tertiary alicyclic amines) is 1. The molecule has 4 rings (SSSR count). The van der Waals surface area contributed by atoms with Crippen LogP contribution in [0.5, 0.6) is 5.75 Å². The van der Waals surface area contributed by atoms with Crippen LogP contribution in [0.4, 0.5) is 11.5 Å². The number of pyridine rings is 1. The average Bonchev–Trinajstić information content (AvgIpc) is 2.93. The predicted molar refractivity (Wildman–Crippen MR) is 140 cm³/mol. The van der Waals surface area contributed by atoms with Gasteiger partial charge in [0.1, 0.15) is 11.6 Å². The average molecular weight is 489 g/mol. The van der Waals surface area contributed by atoms with Gasteiger partial charge >= 0.3 is 0 Å². The lowest BCUT2D eigenvalue weighted by Crippen LogP contribution is -2.38. The number of aromatic nitrogens is 1. The number of carbonyl (C=O) groups excluding carboxylic acids is 2. The highest BCUT2D eigenvalue weighted by Crippen LogP contribution is 2.30. The van der Waals surface area contributed by atoms with E-state index in [1.165, 1.54) is 11.8 Å². The Labute approximate surface area is 211 Å². The first-order valence-corrected chi connectivity index (χ1v) is 12.1. The number of rotatable bonds is 8. The number of aliphatic hydroxyl groups excluding tert-OH is 1. The Morgan fingerprint density at radius 1 is 1.06 bits per heavy atom. The molecule has 0 atom stereocenters. The standard InChI is InChI=1S/C28H32N4O4/c1-19-3-4-22(17-25(19)31-27(34)23-7-10-26(30-18-23)29-13-16-33)28(35)32-14-11-21(12-15-32)20-5-8-24(36-2)9-6-20/h3-10,17-18,21,33H,11-16H2,1-2H3,(H,29,30)(H,31,34). The molecule has 0 bridgehead atoms. The molecule has 188 valence electrons. The van der Waals surface area contributed by atoms with Crippen LogP contribution >= 0.6 is 0 Å². The van der Waals surface area contributed by atoms with Crippen molar-refractivity contribution in [2.45, 2.75) is 25.7 Å². The molecule has 0 unspecified atom stereocenters. The number of piperidine rings is 1. The molecule has 1 fully saturated rings. The van der Waals surface area contributed by atoms with Gasteiger partial charge in [-0.25, -0.2) is 4.98 Å². The van der Waals surface area contributed by atoms with E-state index in [0.717, 1.165) is 24.2 Å². The van der Waals surface area contributed by atoms with Crippen LogP contribution in [0.25, 0.3) is 0 Å².